The van der Waals surface area contributed by atoms with Crippen molar-refractivity contribution in [2.24, 2.45) is 5.73 Å². The van der Waals surface area contributed by atoms with Gasteiger partial charge in [0.1, 0.15) is 5.82 Å². The van der Waals surface area contributed by atoms with Gasteiger partial charge in [0, 0.05) is 4.90 Å². The molecule has 0 atom stereocenters. The van der Waals surface area contributed by atoms with Gasteiger partial charge in [-0.25, -0.2) is 4.39 Å². The Kier molecular flexibility index (Phi) is 3.45. The van der Waals surface area contributed by atoms with Gasteiger partial charge in [0.25, 0.3) is 0 Å². The van der Waals surface area contributed by atoms with E-state index in [1.807, 2.05) is 6.26 Å². The third-order valence-corrected chi connectivity index (χ3v) is 2.39. The molecule has 0 amide bonds. The number of nitrogens with two attached hydrogens (primary N) is 1. The Morgan fingerprint density at radius 3 is 2.77 bits per heavy atom. The molecule has 0 bridgehead atoms. The number of ketones is 1. The largest absolute Gasteiger partial charge is 0.324 e. The van der Waals surface area contributed by atoms with Crippen molar-refractivity contribution in [1.29, 1.82) is 0 Å². The predicted molar refractivity (Wildman–Crippen MR) is 51.6 cm³/mol. The Bertz CT molecular complexity index is 327. The number of thioether (sulfide) groups is 1. The van der Waals surface area contributed by atoms with Crippen LogP contribution in [-0.4, -0.2) is 18.6 Å². The number of hydrogen-bond donors (Lipinski definition) is 1. The first-order valence-corrected chi connectivity index (χ1v) is 4.98. The number of carbonyl (C=O) groups is 1. The number of halogens is 1. The summed E-state index contributed by atoms with van der Waals surface area (Å²) in [6.07, 6.45) is 1.85. The maximum atomic E-state index is 13.2. The summed E-state index contributed by atoms with van der Waals surface area (Å²) in [6, 6.07) is 4.51. The van der Waals surface area contributed by atoms with Crippen molar-refractivity contribution in [2.75, 3.05) is 12.8 Å². The summed E-state index contributed by atoms with van der Waals surface area (Å²) in [5.41, 5.74) is 5.19. The fourth-order valence-electron chi connectivity index (χ4n) is 0.959. The molecule has 4 heteroatoms. The monoisotopic (exact) mass is 199 g/mol. The average molecular weight is 199 g/mol. The van der Waals surface area contributed by atoms with Gasteiger partial charge in [-0.15, -0.1) is 11.8 Å². The van der Waals surface area contributed by atoms with Gasteiger partial charge in [-0.3, -0.25) is 4.79 Å². The first-order chi connectivity index (χ1) is 6.19. The van der Waals surface area contributed by atoms with Crippen LogP contribution >= 0.6 is 11.8 Å². The second kappa shape index (κ2) is 4.39. The van der Waals surface area contributed by atoms with E-state index < -0.39 is 5.82 Å². The van der Waals surface area contributed by atoms with Crippen LogP contribution in [0.25, 0.3) is 0 Å². The molecular formula is C9H10FNOS. The Balaban J connectivity index is 3.05. The van der Waals surface area contributed by atoms with Gasteiger partial charge in [-0.2, -0.15) is 0 Å². The van der Waals surface area contributed by atoms with Gasteiger partial charge < -0.3 is 5.73 Å². The van der Waals surface area contributed by atoms with E-state index in [0.29, 0.717) is 0 Å². The molecule has 0 aliphatic carbocycles. The molecule has 0 saturated heterocycles. The van der Waals surface area contributed by atoms with Gasteiger partial charge in [-0.1, -0.05) is 0 Å². The molecule has 13 heavy (non-hydrogen) atoms. The van der Waals surface area contributed by atoms with Crippen molar-refractivity contribution < 1.29 is 9.18 Å². The van der Waals surface area contributed by atoms with Crippen LogP contribution < -0.4 is 5.73 Å². The minimum absolute atomic E-state index is 0.0697. The Hall–Kier alpha value is -0.870. The van der Waals surface area contributed by atoms with E-state index in [1.54, 1.807) is 6.07 Å². The molecule has 0 saturated carbocycles. The highest BCUT2D eigenvalue weighted by atomic mass is 32.2. The van der Waals surface area contributed by atoms with E-state index in [4.69, 9.17) is 5.73 Å². The standard InChI is InChI=1S/C9H10FNOS/c1-13-6-2-3-7(8(10)4-6)9(12)5-11/h2-4H,5,11H2,1H3. The SMILES string of the molecule is CSc1ccc(C(=O)CN)c(F)c1. The quantitative estimate of drug-likeness (QED) is 0.595. The summed E-state index contributed by atoms with van der Waals surface area (Å²) in [4.78, 5) is 11.9. The lowest BCUT2D eigenvalue weighted by Gasteiger charge is -2.01. The molecule has 1 rings (SSSR count). The number of carbonyl (C=O) groups excluding carboxylic acids is 1. The molecule has 0 aliphatic rings. The fourth-order valence-corrected chi connectivity index (χ4v) is 1.38. The van der Waals surface area contributed by atoms with Crippen molar-refractivity contribution >= 4 is 17.5 Å². The third-order valence-electron chi connectivity index (χ3n) is 1.66. The van der Waals surface area contributed by atoms with Crippen molar-refractivity contribution in [2.45, 2.75) is 4.90 Å². The zero-order valence-electron chi connectivity index (χ0n) is 7.21. The minimum Gasteiger partial charge on any atom is -0.324 e. The summed E-state index contributed by atoms with van der Waals surface area (Å²) in [5, 5.41) is 0. The Morgan fingerprint density at radius 2 is 2.31 bits per heavy atom. The van der Waals surface area contributed by atoms with E-state index >= 15 is 0 Å². The number of hydrogen-bond acceptors (Lipinski definition) is 3. The highest BCUT2D eigenvalue weighted by molar-refractivity contribution is 7.98. The first-order valence-electron chi connectivity index (χ1n) is 3.76. The van der Waals surface area contributed by atoms with Gasteiger partial charge in [0.2, 0.25) is 0 Å². The minimum atomic E-state index is -0.498. The zero-order valence-corrected chi connectivity index (χ0v) is 8.03. The van der Waals surface area contributed by atoms with E-state index in [1.165, 1.54) is 23.9 Å². The zero-order chi connectivity index (χ0) is 9.84. The lowest BCUT2D eigenvalue weighted by atomic mass is 10.1. The van der Waals surface area contributed by atoms with Crippen LogP contribution in [0.5, 0.6) is 0 Å². The summed E-state index contributed by atoms with van der Waals surface area (Å²) in [7, 11) is 0. The maximum Gasteiger partial charge on any atom is 0.179 e. The van der Waals surface area contributed by atoms with Crippen LogP contribution in [-0.2, 0) is 0 Å². The molecule has 0 heterocycles. The molecule has 70 valence electrons. The van der Waals surface area contributed by atoms with Crippen LogP contribution in [0.3, 0.4) is 0 Å². The third kappa shape index (κ3) is 2.29. The molecule has 0 spiro atoms. The molecule has 1 aromatic rings. The molecule has 0 aromatic heterocycles. The maximum absolute atomic E-state index is 13.2. The lowest BCUT2D eigenvalue weighted by Crippen LogP contribution is -2.14. The summed E-state index contributed by atoms with van der Waals surface area (Å²) in [6.45, 7) is -0.157. The molecule has 0 aliphatic heterocycles. The number of rotatable bonds is 3. The number of Topliss-reactive ketones (excluding diaryl/α,β-unsaturated/α-hetero) is 1. The van der Waals surface area contributed by atoms with Gasteiger partial charge in [-0.05, 0) is 24.5 Å². The Labute approximate surface area is 80.3 Å². The van der Waals surface area contributed by atoms with E-state index in [0.717, 1.165) is 4.90 Å². The smallest absolute Gasteiger partial charge is 0.179 e. The number of benzene rings is 1. The second-order valence-corrected chi connectivity index (χ2v) is 3.35. The predicted octanol–water partition coefficient (Wildman–Crippen LogP) is 1.69. The van der Waals surface area contributed by atoms with Crippen LogP contribution in [0.4, 0.5) is 4.39 Å². The normalized spacial score (nSPS) is 10.1. The van der Waals surface area contributed by atoms with Crippen LogP contribution in [0.15, 0.2) is 23.1 Å². The van der Waals surface area contributed by atoms with E-state index in [-0.39, 0.29) is 17.9 Å². The lowest BCUT2D eigenvalue weighted by molar-refractivity contribution is 0.0997. The van der Waals surface area contributed by atoms with Crippen LogP contribution in [0.2, 0.25) is 0 Å². The summed E-state index contributed by atoms with van der Waals surface area (Å²) >= 11 is 1.43. The second-order valence-electron chi connectivity index (χ2n) is 2.47. The molecule has 1 aromatic carbocycles. The van der Waals surface area contributed by atoms with E-state index in [2.05, 4.69) is 0 Å². The van der Waals surface area contributed by atoms with Gasteiger partial charge >= 0.3 is 0 Å². The average Bonchev–Trinajstić information content (AvgIpc) is 2.16. The van der Waals surface area contributed by atoms with Gasteiger partial charge in [0.05, 0.1) is 12.1 Å². The van der Waals surface area contributed by atoms with Crippen LogP contribution in [0, 0.1) is 5.82 Å². The molecule has 0 unspecified atom stereocenters. The molecular weight excluding hydrogens is 189 g/mol. The first kappa shape index (κ1) is 10.2. The van der Waals surface area contributed by atoms with Crippen molar-refractivity contribution in [3.05, 3.63) is 29.6 Å². The summed E-state index contributed by atoms with van der Waals surface area (Å²) < 4.78 is 13.2. The topological polar surface area (TPSA) is 43.1 Å². The van der Waals surface area contributed by atoms with Crippen molar-refractivity contribution in [3.63, 3.8) is 0 Å². The van der Waals surface area contributed by atoms with Crippen molar-refractivity contribution in [3.8, 4) is 0 Å². The summed E-state index contributed by atoms with van der Waals surface area (Å²) in [5.74, 6) is -0.868. The van der Waals surface area contributed by atoms with Crippen molar-refractivity contribution in [1.82, 2.24) is 0 Å². The molecule has 2 N–H and O–H groups in total. The molecule has 0 fully saturated rings. The fraction of sp³-hybridized carbons (Fsp3) is 0.222. The van der Waals surface area contributed by atoms with Crippen LogP contribution in [0.1, 0.15) is 10.4 Å². The molecule has 2 nitrogen and oxygen atoms in total. The highest BCUT2D eigenvalue weighted by Gasteiger charge is 2.09. The van der Waals surface area contributed by atoms with E-state index in [9.17, 15) is 9.18 Å². The Morgan fingerprint density at radius 1 is 1.62 bits per heavy atom. The molecule has 0 radical (unpaired) electrons. The highest BCUT2D eigenvalue weighted by Crippen LogP contribution is 2.18. The van der Waals surface area contributed by atoms with Gasteiger partial charge in [0.15, 0.2) is 5.78 Å².